The lowest BCUT2D eigenvalue weighted by Gasteiger charge is -2.18. The largest absolute Gasteiger partial charge is 0.350 e. The van der Waals surface area contributed by atoms with E-state index in [1.54, 1.807) is 12.1 Å². The maximum atomic E-state index is 13.7. The van der Waals surface area contributed by atoms with Crippen LogP contribution in [0.15, 0.2) is 90.0 Å². The molecule has 136 valence electrons. The Morgan fingerprint density at radius 2 is 1.44 bits per heavy atom. The highest BCUT2D eigenvalue weighted by Crippen LogP contribution is 2.39. The highest BCUT2D eigenvalue weighted by atomic mass is 32.2. The second-order valence-electron chi connectivity index (χ2n) is 6.86. The monoisotopic (exact) mass is 375 g/mol. The van der Waals surface area contributed by atoms with Gasteiger partial charge in [-0.15, -0.1) is 0 Å². The molecular weight excluding hydrogens is 354 g/mol. The van der Waals surface area contributed by atoms with Crippen LogP contribution >= 0.6 is 0 Å². The van der Waals surface area contributed by atoms with Gasteiger partial charge in [0.05, 0.1) is 4.90 Å². The Hall–Kier alpha value is -2.85. The summed E-state index contributed by atoms with van der Waals surface area (Å²) in [6.07, 6.45) is 1.94. The molecule has 0 fully saturated rings. The van der Waals surface area contributed by atoms with Crippen LogP contribution in [0.3, 0.4) is 0 Å². The molecule has 4 heteroatoms. The number of fused-ring (bicyclic) bond motifs is 1. The Labute approximate surface area is 159 Å². The Bertz CT molecular complexity index is 1190. The van der Waals surface area contributed by atoms with Crippen molar-refractivity contribution in [2.75, 3.05) is 0 Å². The molecule has 0 amide bonds. The molecule has 4 rings (SSSR count). The van der Waals surface area contributed by atoms with Crippen LogP contribution in [-0.2, 0) is 16.9 Å². The zero-order chi connectivity index (χ0) is 19.0. The molecule has 3 nitrogen and oxygen atoms in total. The third-order valence-electron chi connectivity index (χ3n) is 4.97. The van der Waals surface area contributed by atoms with Crippen molar-refractivity contribution in [1.82, 2.24) is 4.57 Å². The van der Waals surface area contributed by atoms with Gasteiger partial charge in [-0.2, -0.15) is 0 Å². The van der Waals surface area contributed by atoms with E-state index < -0.39 is 15.1 Å². The van der Waals surface area contributed by atoms with Gasteiger partial charge < -0.3 is 4.57 Å². The number of benzene rings is 3. The van der Waals surface area contributed by atoms with Gasteiger partial charge in [-0.25, -0.2) is 8.42 Å². The van der Waals surface area contributed by atoms with E-state index in [1.807, 2.05) is 91.5 Å². The molecule has 1 heterocycles. The van der Waals surface area contributed by atoms with Crippen molar-refractivity contribution in [3.8, 4) is 0 Å². The number of aromatic nitrogens is 1. The molecule has 27 heavy (non-hydrogen) atoms. The summed E-state index contributed by atoms with van der Waals surface area (Å²) in [6.45, 7) is 1.95. The van der Waals surface area contributed by atoms with Gasteiger partial charge in [-0.3, -0.25) is 0 Å². The van der Waals surface area contributed by atoms with Crippen molar-refractivity contribution in [2.45, 2.75) is 17.1 Å². The standard InChI is InChI=1S/C23H21NO2S/c1-17-12-14-19(15-13-17)27(25,26)23(18-8-4-3-5-9-18)21-16-24(2)22-11-7-6-10-20(21)22/h3-16,23H,1-2H3. The number of para-hydroxylation sites is 1. The summed E-state index contributed by atoms with van der Waals surface area (Å²) in [6, 6.07) is 24.5. The van der Waals surface area contributed by atoms with E-state index in [4.69, 9.17) is 0 Å². The first kappa shape index (κ1) is 17.6. The number of hydrogen-bond acceptors (Lipinski definition) is 2. The van der Waals surface area contributed by atoms with Gasteiger partial charge in [0.1, 0.15) is 5.25 Å². The van der Waals surface area contributed by atoms with Gasteiger partial charge in [0.15, 0.2) is 9.84 Å². The number of rotatable bonds is 4. The van der Waals surface area contributed by atoms with E-state index in [1.165, 1.54) is 0 Å². The molecule has 0 saturated carbocycles. The van der Waals surface area contributed by atoms with Crippen molar-refractivity contribution in [2.24, 2.45) is 7.05 Å². The maximum absolute atomic E-state index is 13.7. The minimum Gasteiger partial charge on any atom is -0.350 e. The van der Waals surface area contributed by atoms with Crippen molar-refractivity contribution in [1.29, 1.82) is 0 Å². The normalized spacial score (nSPS) is 13.0. The zero-order valence-corrected chi connectivity index (χ0v) is 16.1. The molecule has 3 aromatic carbocycles. The van der Waals surface area contributed by atoms with Crippen molar-refractivity contribution < 1.29 is 8.42 Å². The van der Waals surface area contributed by atoms with E-state index in [9.17, 15) is 8.42 Å². The second-order valence-corrected chi connectivity index (χ2v) is 8.89. The number of hydrogen-bond donors (Lipinski definition) is 0. The molecule has 0 bridgehead atoms. The van der Waals surface area contributed by atoms with Gasteiger partial charge in [-0.05, 0) is 30.7 Å². The van der Waals surface area contributed by atoms with E-state index in [-0.39, 0.29) is 0 Å². The molecule has 0 saturated heterocycles. The first-order chi connectivity index (χ1) is 13.0. The van der Waals surface area contributed by atoms with Crippen LogP contribution in [0.5, 0.6) is 0 Å². The van der Waals surface area contributed by atoms with Crippen LogP contribution < -0.4 is 0 Å². The van der Waals surface area contributed by atoms with Gasteiger partial charge in [-0.1, -0.05) is 66.2 Å². The lowest BCUT2D eigenvalue weighted by atomic mass is 10.0. The first-order valence-electron chi connectivity index (χ1n) is 8.88. The van der Waals surface area contributed by atoms with Gasteiger partial charge in [0, 0.05) is 29.7 Å². The summed E-state index contributed by atoms with van der Waals surface area (Å²) < 4.78 is 29.4. The van der Waals surface area contributed by atoms with Gasteiger partial charge in [0.25, 0.3) is 0 Å². The molecular formula is C23H21NO2S. The molecule has 1 unspecified atom stereocenters. The highest BCUT2D eigenvalue weighted by molar-refractivity contribution is 7.92. The number of nitrogens with zero attached hydrogens (tertiary/aromatic N) is 1. The topological polar surface area (TPSA) is 39.1 Å². The summed E-state index contributed by atoms with van der Waals surface area (Å²) >= 11 is 0. The third kappa shape index (κ3) is 3.06. The molecule has 0 aliphatic carbocycles. The molecule has 1 aromatic heterocycles. The van der Waals surface area contributed by atoms with Crippen molar-refractivity contribution in [3.05, 3.63) is 102 Å². The SMILES string of the molecule is Cc1ccc(S(=O)(=O)C(c2ccccc2)c2cn(C)c3ccccc23)cc1. The molecule has 0 spiro atoms. The Balaban J connectivity index is 1.99. The Kier molecular flexibility index (Phi) is 4.36. The maximum Gasteiger partial charge on any atom is 0.189 e. The lowest BCUT2D eigenvalue weighted by molar-refractivity contribution is 0.589. The van der Waals surface area contributed by atoms with Gasteiger partial charge in [0.2, 0.25) is 0 Å². The minimum absolute atomic E-state index is 0.342. The molecule has 0 aliphatic rings. The van der Waals surface area contributed by atoms with E-state index >= 15 is 0 Å². The summed E-state index contributed by atoms with van der Waals surface area (Å²) in [4.78, 5) is 0.342. The lowest BCUT2D eigenvalue weighted by Crippen LogP contribution is -2.15. The fraction of sp³-hybridized carbons (Fsp3) is 0.130. The fourth-order valence-corrected chi connectivity index (χ4v) is 5.42. The zero-order valence-electron chi connectivity index (χ0n) is 15.3. The Morgan fingerprint density at radius 3 is 2.15 bits per heavy atom. The first-order valence-corrected chi connectivity index (χ1v) is 10.4. The summed E-state index contributed by atoms with van der Waals surface area (Å²) in [5.74, 6) is 0. The van der Waals surface area contributed by atoms with E-state index in [2.05, 4.69) is 0 Å². The van der Waals surface area contributed by atoms with Crippen LogP contribution in [-0.4, -0.2) is 13.0 Å². The average molecular weight is 375 g/mol. The van der Waals surface area contributed by atoms with Crippen LogP contribution in [0.1, 0.15) is 21.9 Å². The minimum atomic E-state index is -3.62. The van der Waals surface area contributed by atoms with Crippen LogP contribution in [0.2, 0.25) is 0 Å². The summed E-state index contributed by atoms with van der Waals surface area (Å²) in [5, 5.41) is 0.206. The fourth-order valence-electron chi connectivity index (χ4n) is 3.60. The predicted molar refractivity (Wildman–Crippen MR) is 110 cm³/mol. The van der Waals surface area contributed by atoms with Crippen LogP contribution in [0.25, 0.3) is 10.9 Å². The molecule has 0 N–H and O–H groups in total. The second kappa shape index (κ2) is 6.71. The van der Waals surface area contributed by atoms with E-state index in [0.29, 0.717) is 4.90 Å². The smallest absolute Gasteiger partial charge is 0.189 e. The highest BCUT2D eigenvalue weighted by Gasteiger charge is 2.32. The molecule has 0 aliphatic heterocycles. The third-order valence-corrected chi connectivity index (χ3v) is 7.05. The van der Waals surface area contributed by atoms with Crippen molar-refractivity contribution in [3.63, 3.8) is 0 Å². The van der Waals surface area contributed by atoms with Crippen LogP contribution in [0, 0.1) is 6.92 Å². The summed E-state index contributed by atoms with van der Waals surface area (Å²) in [5.41, 5.74) is 3.64. The Morgan fingerprint density at radius 1 is 0.815 bits per heavy atom. The van der Waals surface area contributed by atoms with Crippen molar-refractivity contribution >= 4 is 20.7 Å². The quantitative estimate of drug-likeness (QED) is 0.501. The molecule has 4 aromatic rings. The molecule has 0 radical (unpaired) electrons. The number of aryl methyl sites for hydroxylation is 2. The van der Waals surface area contributed by atoms with Gasteiger partial charge >= 0.3 is 0 Å². The van der Waals surface area contributed by atoms with E-state index in [0.717, 1.165) is 27.6 Å². The number of sulfone groups is 1. The molecule has 1 atom stereocenters. The predicted octanol–water partition coefficient (Wildman–Crippen LogP) is 5.05. The van der Waals surface area contributed by atoms with Crippen LogP contribution in [0.4, 0.5) is 0 Å². The summed E-state index contributed by atoms with van der Waals surface area (Å²) in [7, 11) is -1.66. The average Bonchev–Trinajstić information content (AvgIpc) is 3.00.